The van der Waals surface area contributed by atoms with Crippen LogP contribution in [0.5, 0.6) is 0 Å². The molecule has 0 radical (unpaired) electrons. The first-order valence-electron chi connectivity index (χ1n) is 6.78. The first kappa shape index (κ1) is 17.1. The Kier molecular flexibility index (Phi) is 7.36. The summed E-state index contributed by atoms with van der Waals surface area (Å²) in [6.45, 7) is 2.14. The Morgan fingerprint density at radius 1 is 1.05 bits per heavy atom. The van der Waals surface area contributed by atoms with Crippen molar-refractivity contribution in [2.45, 2.75) is 39.2 Å². The fraction of sp³-hybridized carbons (Fsp3) is 0.467. The van der Waals surface area contributed by atoms with Gasteiger partial charge in [0.25, 0.3) is 0 Å². The average Bonchev–Trinajstić information content (AvgIpc) is 2.46. The van der Waals surface area contributed by atoms with E-state index in [9.17, 15) is 18.4 Å². The van der Waals surface area contributed by atoms with Gasteiger partial charge < -0.3 is 9.47 Å². The van der Waals surface area contributed by atoms with E-state index in [1.165, 1.54) is 6.07 Å². The van der Waals surface area contributed by atoms with E-state index in [1.807, 2.05) is 6.92 Å². The van der Waals surface area contributed by atoms with Crippen molar-refractivity contribution in [1.82, 2.24) is 0 Å². The molecular formula is C15H18F2O4. The standard InChI is InChI=1S/C15H18F2O4/c1-2-8-20-14(18)4-3-5-15(19)21-10-11-6-7-12(16)13(17)9-11/h6-7,9H,2-5,8,10H2,1H3. The summed E-state index contributed by atoms with van der Waals surface area (Å²) in [7, 11) is 0. The highest BCUT2D eigenvalue weighted by molar-refractivity contribution is 5.72. The summed E-state index contributed by atoms with van der Waals surface area (Å²) in [4.78, 5) is 22.6. The highest BCUT2D eigenvalue weighted by Crippen LogP contribution is 2.10. The van der Waals surface area contributed by atoms with Gasteiger partial charge in [0.05, 0.1) is 6.61 Å². The monoisotopic (exact) mass is 300 g/mol. The highest BCUT2D eigenvalue weighted by Gasteiger charge is 2.08. The van der Waals surface area contributed by atoms with Crippen LogP contribution in [0.25, 0.3) is 0 Å². The summed E-state index contributed by atoms with van der Waals surface area (Å²) in [6, 6.07) is 3.29. The third-order valence-electron chi connectivity index (χ3n) is 2.61. The fourth-order valence-electron chi connectivity index (χ4n) is 1.53. The van der Waals surface area contributed by atoms with Crippen molar-refractivity contribution in [3.63, 3.8) is 0 Å². The van der Waals surface area contributed by atoms with Gasteiger partial charge in [0.15, 0.2) is 11.6 Å². The molecule has 1 aromatic rings. The van der Waals surface area contributed by atoms with Crippen LogP contribution < -0.4 is 0 Å². The van der Waals surface area contributed by atoms with Gasteiger partial charge in [-0.1, -0.05) is 13.0 Å². The largest absolute Gasteiger partial charge is 0.466 e. The third-order valence-corrected chi connectivity index (χ3v) is 2.61. The molecule has 4 nitrogen and oxygen atoms in total. The molecule has 0 saturated carbocycles. The van der Waals surface area contributed by atoms with Crippen LogP contribution in [0.1, 0.15) is 38.2 Å². The number of rotatable bonds is 8. The van der Waals surface area contributed by atoms with Crippen molar-refractivity contribution in [2.24, 2.45) is 0 Å². The van der Waals surface area contributed by atoms with Gasteiger partial charge in [0.2, 0.25) is 0 Å². The maximum atomic E-state index is 12.9. The van der Waals surface area contributed by atoms with Gasteiger partial charge in [-0.15, -0.1) is 0 Å². The minimum Gasteiger partial charge on any atom is -0.466 e. The van der Waals surface area contributed by atoms with Crippen LogP contribution in [0.3, 0.4) is 0 Å². The number of carbonyl (C=O) groups excluding carboxylic acids is 2. The lowest BCUT2D eigenvalue weighted by Gasteiger charge is -2.06. The lowest BCUT2D eigenvalue weighted by molar-refractivity contribution is -0.146. The summed E-state index contributed by atoms with van der Waals surface area (Å²) in [5.74, 6) is -2.77. The van der Waals surface area contributed by atoms with Crippen molar-refractivity contribution in [3.8, 4) is 0 Å². The molecule has 21 heavy (non-hydrogen) atoms. The fourth-order valence-corrected chi connectivity index (χ4v) is 1.53. The number of esters is 2. The summed E-state index contributed by atoms with van der Waals surface area (Å²) in [5.41, 5.74) is 0.365. The van der Waals surface area contributed by atoms with Crippen LogP contribution in [0.15, 0.2) is 18.2 Å². The van der Waals surface area contributed by atoms with Gasteiger partial charge in [-0.2, -0.15) is 0 Å². The lowest BCUT2D eigenvalue weighted by Crippen LogP contribution is -2.08. The molecule has 0 heterocycles. The van der Waals surface area contributed by atoms with E-state index in [1.54, 1.807) is 0 Å². The third kappa shape index (κ3) is 6.83. The van der Waals surface area contributed by atoms with E-state index < -0.39 is 17.6 Å². The van der Waals surface area contributed by atoms with Crippen LogP contribution in [0.4, 0.5) is 8.78 Å². The smallest absolute Gasteiger partial charge is 0.306 e. The van der Waals surface area contributed by atoms with Gasteiger partial charge in [0.1, 0.15) is 6.61 Å². The van der Waals surface area contributed by atoms with Crippen molar-refractivity contribution < 1.29 is 27.8 Å². The first-order valence-corrected chi connectivity index (χ1v) is 6.78. The summed E-state index contributed by atoms with van der Waals surface area (Å²) < 4.78 is 35.4. The maximum absolute atomic E-state index is 12.9. The molecule has 0 unspecified atom stereocenters. The first-order chi connectivity index (χ1) is 10.0. The molecule has 116 valence electrons. The quantitative estimate of drug-likeness (QED) is 0.692. The predicted octanol–water partition coefficient (Wildman–Crippen LogP) is 3.13. The van der Waals surface area contributed by atoms with E-state index in [0.29, 0.717) is 18.6 Å². The minimum absolute atomic E-state index is 0.0743. The number of benzene rings is 1. The molecule has 0 aliphatic rings. The average molecular weight is 300 g/mol. The maximum Gasteiger partial charge on any atom is 0.306 e. The van der Waals surface area contributed by atoms with E-state index >= 15 is 0 Å². The number of hydrogen-bond donors (Lipinski definition) is 0. The molecule has 6 heteroatoms. The number of halogens is 2. The summed E-state index contributed by atoms with van der Waals surface area (Å²) >= 11 is 0. The van der Waals surface area contributed by atoms with Crippen LogP contribution >= 0.6 is 0 Å². The molecule has 0 bridgehead atoms. The summed E-state index contributed by atoms with van der Waals surface area (Å²) in [5, 5.41) is 0. The second-order valence-electron chi connectivity index (χ2n) is 4.48. The number of carbonyl (C=O) groups is 2. The second-order valence-corrected chi connectivity index (χ2v) is 4.48. The molecule has 0 aromatic heterocycles. The van der Waals surface area contributed by atoms with Gasteiger partial charge in [-0.3, -0.25) is 9.59 Å². The molecule has 0 saturated heterocycles. The van der Waals surface area contributed by atoms with Gasteiger partial charge in [-0.05, 0) is 30.5 Å². The highest BCUT2D eigenvalue weighted by atomic mass is 19.2. The molecule has 0 atom stereocenters. The van der Waals surface area contributed by atoms with Gasteiger partial charge in [-0.25, -0.2) is 8.78 Å². The molecule has 0 fully saturated rings. The van der Waals surface area contributed by atoms with E-state index in [-0.39, 0.29) is 25.4 Å². The molecule has 0 aliphatic heterocycles. The molecule has 0 N–H and O–H groups in total. The predicted molar refractivity (Wildman–Crippen MR) is 71.3 cm³/mol. The summed E-state index contributed by atoms with van der Waals surface area (Å²) in [6.07, 6.45) is 1.31. The van der Waals surface area contributed by atoms with Gasteiger partial charge in [0, 0.05) is 12.8 Å². The van der Waals surface area contributed by atoms with Gasteiger partial charge >= 0.3 is 11.9 Å². The number of ether oxygens (including phenoxy) is 2. The van der Waals surface area contributed by atoms with Crippen LogP contribution in [0.2, 0.25) is 0 Å². The van der Waals surface area contributed by atoms with Crippen molar-refractivity contribution >= 4 is 11.9 Å². The van der Waals surface area contributed by atoms with E-state index in [2.05, 4.69) is 0 Å². The molecule has 1 aromatic carbocycles. The lowest BCUT2D eigenvalue weighted by atomic mass is 10.2. The van der Waals surface area contributed by atoms with E-state index in [0.717, 1.165) is 18.6 Å². The Bertz CT molecular complexity index is 489. The molecule has 0 spiro atoms. The normalized spacial score (nSPS) is 10.2. The zero-order valence-electron chi connectivity index (χ0n) is 11.9. The molecule has 0 amide bonds. The van der Waals surface area contributed by atoms with E-state index in [4.69, 9.17) is 9.47 Å². The Labute approximate surface area is 122 Å². The zero-order valence-corrected chi connectivity index (χ0v) is 11.9. The minimum atomic E-state index is -0.984. The SMILES string of the molecule is CCCOC(=O)CCCC(=O)OCc1ccc(F)c(F)c1. The second kappa shape index (κ2) is 9.05. The Hall–Kier alpha value is -1.98. The number of hydrogen-bond acceptors (Lipinski definition) is 4. The molecule has 1 rings (SSSR count). The van der Waals surface area contributed by atoms with Crippen molar-refractivity contribution in [2.75, 3.05) is 6.61 Å². The Morgan fingerprint density at radius 3 is 2.33 bits per heavy atom. The van der Waals surface area contributed by atoms with Crippen LogP contribution in [-0.4, -0.2) is 18.5 Å². The topological polar surface area (TPSA) is 52.6 Å². The zero-order chi connectivity index (χ0) is 15.7. The Balaban J connectivity index is 2.22. The van der Waals surface area contributed by atoms with Crippen LogP contribution in [-0.2, 0) is 25.7 Å². The Morgan fingerprint density at radius 2 is 1.71 bits per heavy atom. The molecular weight excluding hydrogens is 282 g/mol. The van der Waals surface area contributed by atoms with Crippen molar-refractivity contribution in [3.05, 3.63) is 35.4 Å². The van der Waals surface area contributed by atoms with Crippen molar-refractivity contribution in [1.29, 1.82) is 0 Å². The van der Waals surface area contributed by atoms with Crippen LogP contribution in [0, 0.1) is 11.6 Å². The molecule has 0 aliphatic carbocycles.